The van der Waals surface area contributed by atoms with Crippen molar-refractivity contribution in [2.75, 3.05) is 48.3 Å². The number of rotatable bonds is 22. The number of halogens is 1. The highest BCUT2D eigenvalue weighted by Gasteiger charge is 2.46. The van der Waals surface area contributed by atoms with Crippen molar-refractivity contribution >= 4 is 135 Å². The van der Waals surface area contributed by atoms with Crippen LogP contribution in [0.15, 0.2) is 157 Å². The Hall–Kier alpha value is -7.31. The van der Waals surface area contributed by atoms with E-state index >= 15 is 0 Å². The quantitative estimate of drug-likeness (QED) is 0.0135. The Morgan fingerprint density at radius 1 is 0.651 bits per heavy atom. The van der Waals surface area contributed by atoms with Gasteiger partial charge in [-0.2, -0.15) is 38.2 Å². The van der Waals surface area contributed by atoms with Crippen molar-refractivity contribution in [3.8, 4) is 0 Å². The fraction of sp³-hybridized carbons (Fsp3) is 0.271. The van der Waals surface area contributed by atoms with Crippen molar-refractivity contribution in [3.63, 3.8) is 0 Å². The third-order valence-corrected chi connectivity index (χ3v) is 19.1. The third-order valence-electron chi connectivity index (χ3n) is 15.2. The molecule has 2 amide bonds. The molecular weight excluding hydrogens is 1250 g/mol. The second-order valence-corrected chi connectivity index (χ2v) is 28.2. The highest BCUT2D eigenvalue weighted by Crippen LogP contribution is 2.52. The normalized spacial score (nSPS) is 15.6. The summed E-state index contributed by atoms with van der Waals surface area (Å²) in [5.41, 5.74) is 3.98. The van der Waals surface area contributed by atoms with Crippen LogP contribution in [0, 0.1) is 0 Å². The molecule has 9 rings (SSSR count). The Morgan fingerprint density at radius 2 is 1.30 bits per heavy atom. The number of carbonyl (C=O) groups is 2. The van der Waals surface area contributed by atoms with Crippen molar-refractivity contribution in [2.24, 2.45) is 0 Å². The van der Waals surface area contributed by atoms with Crippen LogP contribution in [0.25, 0.3) is 32.4 Å². The first-order chi connectivity index (χ1) is 40.4. The Bertz CT molecular complexity index is 4550. The highest BCUT2D eigenvalue weighted by atomic mass is 79.9. The molecule has 3 heterocycles. The van der Waals surface area contributed by atoms with Gasteiger partial charge in [-0.25, -0.2) is 9.97 Å². The van der Waals surface area contributed by atoms with Gasteiger partial charge >= 0.3 is 0 Å². The number of unbranched alkanes of at least 4 members (excludes halogenated alkanes) is 2. The van der Waals surface area contributed by atoms with Crippen molar-refractivity contribution in [1.29, 1.82) is 0 Å². The molecule has 0 unspecified atom stereocenters. The minimum absolute atomic E-state index is 0.00655. The SMILES string of the molecule is CC[N+]1=C(/C=C/C=C/C=C2/N(CCCCCC(=O)NCCNCC(=O)Nc3ccc4c(Nc5cccc(Br)c5)ncnc4c3)c3ccc4c(S(=O)(=O)O)cc(S(=O)(=O)O)cc4c3C2(C)C)C(C)(C)c2c1ccc1c(S(=O)(=O)O)cc(S(=O)(=O)O)cc21. The lowest BCUT2D eigenvalue weighted by Crippen LogP contribution is -2.35. The van der Waals surface area contributed by atoms with Gasteiger partial charge in [-0.05, 0) is 129 Å². The topological polar surface area (TPSA) is 332 Å². The number of nitrogens with zero attached hydrogens (tertiary/aromatic N) is 4. The van der Waals surface area contributed by atoms with Crippen LogP contribution in [0.5, 0.6) is 0 Å². The van der Waals surface area contributed by atoms with Gasteiger partial charge in [0.15, 0.2) is 5.71 Å². The van der Waals surface area contributed by atoms with E-state index in [1.807, 2.05) is 86.6 Å². The van der Waals surface area contributed by atoms with E-state index in [2.05, 4.69) is 47.2 Å². The van der Waals surface area contributed by atoms with Crippen LogP contribution in [0.3, 0.4) is 0 Å². The molecule has 0 aliphatic carbocycles. The zero-order valence-corrected chi connectivity index (χ0v) is 52.0. The number of allylic oxidation sites excluding steroid dienone is 6. The van der Waals surface area contributed by atoms with E-state index < -0.39 is 70.9 Å². The molecule has 2 aliphatic rings. The Morgan fingerprint density at radius 3 is 1.94 bits per heavy atom. The van der Waals surface area contributed by atoms with Crippen molar-refractivity contribution in [1.82, 2.24) is 20.6 Å². The zero-order chi connectivity index (χ0) is 62.3. The number of carbonyl (C=O) groups excluding carboxylic acids is 2. The molecule has 0 saturated heterocycles. The second-order valence-electron chi connectivity index (χ2n) is 21.7. The molecule has 0 spiro atoms. The number of benzene rings is 6. The fourth-order valence-corrected chi connectivity index (χ4v) is 14.5. The van der Waals surface area contributed by atoms with Crippen molar-refractivity contribution in [2.45, 2.75) is 90.7 Å². The molecule has 27 heteroatoms. The molecule has 22 nitrogen and oxygen atoms in total. The predicted octanol–water partition coefficient (Wildman–Crippen LogP) is 9.52. The first kappa shape index (κ1) is 63.2. The van der Waals surface area contributed by atoms with Gasteiger partial charge in [0.25, 0.3) is 40.5 Å². The summed E-state index contributed by atoms with van der Waals surface area (Å²) in [6.07, 6.45) is 12.4. The van der Waals surface area contributed by atoms with Crippen LogP contribution >= 0.6 is 15.9 Å². The monoisotopic (exact) mass is 1310 g/mol. The molecule has 86 heavy (non-hydrogen) atoms. The van der Waals surface area contributed by atoms with Crippen LogP contribution in [0.2, 0.25) is 0 Å². The smallest absolute Gasteiger partial charge is 0.295 e. The third kappa shape index (κ3) is 13.3. The van der Waals surface area contributed by atoms with Gasteiger partial charge in [0.05, 0.1) is 27.3 Å². The summed E-state index contributed by atoms with van der Waals surface area (Å²) in [4.78, 5) is 33.7. The minimum Gasteiger partial charge on any atom is -0.355 e. The number of anilines is 4. The van der Waals surface area contributed by atoms with Gasteiger partial charge in [-0.15, -0.1) is 0 Å². The molecule has 1 aromatic heterocycles. The van der Waals surface area contributed by atoms with Crippen LogP contribution in [0.1, 0.15) is 71.4 Å². The van der Waals surface area contributed by atoms with E-state index in [4.69, 9.17) is 0 Å². The zero-order valence-electron chi connectivity index (χ0n) is 47.2. The maximum absolute atomic E-state index is 12.9. The van der Waals surface area contributed by atoms with Gasteiger partial charge in [-0.1, -0.05) is 66.6 Å². The standard InChI is InChI=1S/C59H61BrN8O14S4/c1-6-67-47-23-21-41-44(30-39(83(71,72)73)32-49(41)85(77,78)79)55(47)58(2,3)51(67)16-9-7-10-17-52-59(4,5)56-45-31-40(84(74,75)76)33-50(86(80,81)82)42(45)22-24-48(56)68(52)27-12-8-11-18-53(69)62-26-25-61-34-54(70)65-38-19-20-43-46(29-38)63-35-64-57(43)66-37-15-13-14-36(60)28-37/h7,9-10,13-17,19-24,28-33,35,61H,6,8,11-12,18,25-27,34H2,1-5H3,(H6-,62,63,64,65,66,69,70,71,72,73,74,75,76,77,78,79,80,81,82)/p+1. The number of hydrogen-bond acceptors (Lipinski definition) is 15. The van der Waals surface area contributed by atoms with Crippen molar-refractivity contribution < 1.29 is 66.0 Å². The lowest BCUT2D eigenvalue weighted by atomic mass is 9.79. The Balaban J connectivity index is 0.870. The molecule has 0 saturated carbocycles. The Kier molecular flexibility index (Phi) is 18.0. The number of hydrogen-bond donors (Lipinski definition) is 8. The second kappa shape index (κ2) is 24.5. The number of nitrogens with one attached hydrogen (secondary N) is 4. The summed E-state index contributed by atoms with van der Waals surface area (Å²) in [6, 6.07) is 23.1. The highest BCUT2D eigenvalue weighted by molar-refractivity contribution is 9.10. The first-order valence-corrected chi connectivity index (χ1v) is 33.6. The average molecular weight is 1320 g/mol. The maximum atomic E-state index is 12.9. The maximum Gasteiger partial charge on any atom is 0.295 e. The van der Waals surface area contributed by atoms with Crippen LogP contribution in [-0.4, -0.2) is 117 Å². The van der Waals surface area contributed by atoms with Gasteiger partial charge < -0.3 is 26.2 Å². The van der Waals surface area contributed by atoms with E-state index in [1.165, 1.54) is 30.6 Å². The van der Waals surface area contributed by atoms with Gasteiger partial charge in [0, 0.05) is 92.6 Å². The summed E-state index contributed by atoms with van der Waals surface area (Å²) in [6.45, 7) is 10.8. The van der Waals surface area contributed by atoms with E-state index in [0.29, 0.717) is 96.3 Å². The summed E-state index contributed by atoms with van der Waals surface area (Å²) >= 11 is 3.47. The van der Waals surface area contributed by atoms with Crippen LogP contribution in [0.4, 0.5) is 28.6 Å². The molecule has 7 aromatic rings. The first-order valence-electron chi connectivity index (χ1n) is 27.0. The van der Waals surface area contributed by atoms with Crippen LogP contribution in [-0.2, 0) is 60.9 Å². The lowest BCUT2D eigenvalue weighted by Gasteiger charge is -2.27. The number of aromatic nitrogens is 2. The molecule has 452 valence electrons. The Labute approximate surface area is 506 Å². The molecule has 6 aromatic carbocycles. The molecule has 2 aliphatic heterocycles. The summed E-state index contributed by atoms with van der Waals surface area (Å²) in [5, 5.41) is 13.3. The molecule has 0 fully saturated rings. The molecule has 0 radical (unpaired) electrons. The van der Waals surface area contributed by atoms with Gasteiger partial charge in [-0.3, -0.25) is 27.8 Å². The average Bonchev–Trinajstić information content (AvgIpc) is 1.64. The fourth-order valence-electron chi connectivity index (χ4n) is 11.4. The number of fused-ring (bicyclic) bond motifs is 7. The van der Waals surface area contributed by atoms with E-state index in [0.717, 1.165) is 21.3 Å². The molecule has 0 atom stereocenters. The number of amides is 2. The summed E-state index contributed by atoms with van der Waals surface area (Å²) < 4.78 is 144. The largest absolute Gasteiger partial charge is 0.355 e. The lowest BCUT2D eigenvalue weighted by molar-refractivity contribution is -0.433. The van der Waals surface area contributed by atoms with E-state index in [9.17, 15) is 61.5 Å². The molecule has 0 bridgehead atoms. The van der Waals surface area contributed by atoms with Gasteiger partial charge in [0.2, 0.25) is 17.5 Å². The van der Waals surface area contributed by atoms with Gasteiger partial charge in [0.1, 0.15) is 28.5 Å². The van der Waals surface area contributed by atoms with E-state index in [-0.39, 0.29) is 52.9 Å². The summed E-state index contributed by atoms with van der Waals surface area (Å²) in [5.74, 6) is 0.148. The molecule has 8 N–H and O–H groups in total. The predicted molar refractivity (Wildman–Crippen MR) is 332 cm³/mol. The van der Waals surface area contributed by atoms with Crippen LogP contribution < -0.4 is 26.2 Å². The minimum atomic E-state index is -5.00. The summed E-state index contributed by atoms with van der Waals surface area (Å²) in [7, 11) is -19.8. The van der Waals surface area contributed by atoms with Crippen molar-refractivity contribution in [3.05, 3.63) is 149 Å². The molecular formula is C59H62BrN8O14S4+. The van der Waals surface area contributed by atoms with E-state index in [1.54, 1.807) is 42.5 Å².